The molecule has 0 spiro atoms. The fraction of sp³-hybridized carbons (Fsp3) is 0.250. The minimum Gasteiger partial charge on any atom is -0.311 e. The first-order chi connectivity index (χ1) is 14.8. The number of benzene rings is 3. The maximum absolute atomic E-state index is 3.49. The molecule has 2 aliphatic heterocycles. The van der Waals surface area contributed by atoms with E-state index in [0.717, 1.165) is 43.2 Å². The number of hydrogen-bond donors (Lipinski definition) is 4. The van der Waals surface area contributed by atoms with E-state index in [0.29, 0.717) is 0 Å². The van der Waals surface area contributed by atoms with Crippen molar-refractivity contribution in [2.24, 2.45) is 0 Å². The zero-order chi connectivity index (χ0) is 20.3. The summed E-state index contributed by atoms with van der Waals surface area (Å²) in [5.41, 5.74) is 6.01. The smallest absolute Gasteiger partial charge is 0.0836 e. The normalized spacial score (nSPS) is 17.5. The molecule has 2 saturated heterocycles. The summed E-state index contributed by atoms with van der Waals surface area (Å²) in [4.78, 5) is 2.31. The molecule has 5 nitrogen and oxygen atoms in total. The molecule has 0 bridgehead atoms. The molecular weight excluding hydrogens is 485 g/mol. The van der Waals surface area contributed by atoms with Crippen LogP contribution in [0.15, 0.2) is 72.8 Å². The van der Waals surface area contributed by atoms with Crippen molar-refractivity contribution >= 4 is 39.7 Å². The van der Waals surface area contributed by atoms with E-state index in [1.165, 1.54) is 14.7 Å². The van der Waals surface area contributed by atoms with Crippen LogP contribution in [-0.2, 0) is 0 Å². The Morgan fingerprint density at radius 1 is 0.533 bits per heavy atom. The Morgan fingerprint density at radius 2 is 0.867 bits per heavy atom. The van der Waals surface area contributed by atoms with Crippen LogP contribution in [0.5, 0.6) is 0 Å². The second-order valence-corrected chi connectivity index (χ2v) is 8.92. The predicted molar refractivity (Wildman–Crippen MR) is 131 cm³/mol. The Morgan fingerprint density at radius 3 is 1.23 bits per heavy atom. The third kappa shape index (κ3) is 4.24. The van der Waals surface area contributed by atoms with Crippen molar-refractivity contribution < 1.29 is 0 Å². The van der Waals surface area contributed by atoms with Crippen molar-refractivity contribution in [3.8, 4) is 0 Å². The van der Waals surface area contributed by atoms with Gasteiger partial charge in [-0.15, -0.1) is 0 Å². The van der Waals surface area contributed by atoms with E-state index >= 15 is 0 Å². The highest BCUT2D eigenvalue weighted by molar-refractivity contribution is 14.1. The second kappa shape index (κ2) is 9.03. The summed E-state index contributed by atoms with van der Waals surface area (Å²) in [5, 5.41) is 13.9. The van der Waals surface area contributed by atoms with Gasteiger partial charge in [-0.2, -0.15) is 0 Å². The first-order valence-corrected chi connectivity index (χ1v) is 11.5. The number of rotatable bonds is 5. The van der Waals surface area contributed by atoms with E-state index in [4.69, 9.17) is 0 Å². The van der Waals surface area contributed by atoms with Crippen LogP contribution in [-0.4, -0.2) is 26.2 Å². The molecule has 0 atom stereocenters. The zero-order valence-corrected chi connectivity index (χ0v) is 18.9. The lowest BCUT2D eigenvalue weighted by atomic mass is 10.1. The monoisotopic (exact) mass is 511 g/mol. The summed E-state index contributed by atoms with van der Waals surface area (Å²) in [6, 6.07) is 26.4. The Bertz CT molecular complexity index is 900. The highest BCUT2D eigenvalue weighted by Gasteiger charge is 2.18. The minimum absolute atomic E-state index is 0.247. The van der Waals surface area contributed by atoms with E-state index in [1.807, 2.05) is 0 Å². The third-order valence-electron chi connectivity index (χ3n) is 5.70. The van der Waals surface area contributed by atoms with Gasteiger partial charge >= 0.3 is 0 Å². The van der Waals surface area contributed by atoms with E-state index in [2.05, 4.69) is 122 Å². The molecule has 0 unspecified atom stereocenters. The van der Waals surface area contributed by atoms with Gasteiger partial charge in [-0.25, -0.2) is 0 Å². The van der Waals surface area contributed by atoms with Crippen molar-refractivity contribution in [1.29, 1.82) is 0 Å². The fourth-order valence-corrected chi connectivity index (χ4v) is 4.51. The quantitative estimate of drug-likeness (QED) is 0.388. The average molecular weight is 511 g/mol. The van der Waals surface area contributed by atoms with E-state index in [9.17, 15) is 0 Å². The Kier molecular flexibility index (Phi) is 6.01. The van der Waals surface area contributed by atoms with Crippen LogP contribution in [0.4, 0.5) is 17.1 Å². The summed E-state index contributed by atoms with van der Waals surface area (Å²) in [7, 11) is 0. The molecule has 2 fully saturated rings. The van der Waals surface area contributed by atoms with Crippen LogP contribution >= 0.6 is 22.6 Å². The Hall–Kier alpha value is -1.97. The van der Waals surface area contributed by atoms with Crippen molar-refractivity contribution in [2.45, 2.75) is 12.3 Å². The molecule has 0 amide bonds. The van der Waals surface area contributed by atoms with Gasteiger partial charge in [0.1, 0.15) is 0 Å². The Labute approximate surface area is 191 Å². The summed E-state index contributed by atoms with van der Waals surface area (Å²) < 4.78 is 1.23. The Balaban J connectivity index is 1.48. The van der Waals surface area contributed by atoms with Crippen LogP contribution in [0.1, 0.15) is 23.5 Å². The second-order valence-electron chi connectivity index (χ2n) is 7.68. The lowest BCUT2D eigenvalue weighted by molar-refractivity contribution is 0.588. The summed E-state index contributed by atoms with van der Waals surface area (Å²) >= 11 is 2.35. The number of halogens is 1. The molecule has 30 heavy (non-hydrogen) atoms. The molecule has 0 aromatic heterocycles. The lowest BCUT2D eigenvalue weighted by Crippen LogP contribution is -2.21. The largest absolute Gasteiger partial charge is 0.311 e. The summed E-state index contributed by atoms with van der Waals surface area (Å²) in [6.07, 6.45) is 0.494. The van der Waals surface area contributed by atoms with Gasteiger partial charge in [-0.1, -0.05) is 24.3 Å². The maximum Gasteiger partial charge on any atom is 0.0836 e. The van der Waals surface area contributed by atoms with E-state index in [-0.39, 0.29) is 12.3 Å². The molecule has 5 rings (SSSR count). The van der Waals surface area contributed by atoms with Crippen LogP contribution < -0.4 is 26.2 Å². The molecule has 2 heterocycles. The van der Waals surface area contributed by atoms with Crippen molar-refractivity contribution in [2.75, 3.05) is 31.1 Å². The number of nitrogens with zero attached hydrogens (tertiary/aromatic N) is 1. The molecule has 4 N–H and O–H groups in total. The highest BCUT2D eigenvalue weighted by Crippen LogP contribution is 2.35. The summed E-state index contributed by atoms with van der Waals surface area (Å²) in [5.74, 6) is 0. The molecule has 154 valence electrons. The topological polar surface area (TPSA) is 51.4 Å². The molecule has 6 heteroatoms. The average Bonchev–Trinajstić information content (AvgIpc) is 3.51. The minimum atomic E-state index is 0.247. The molecule has 0 saturated carbocycles. The van der Waals surface area contributed by atoms with Crippen LogP contribution in [0.25, 0.3) is 0 Å². The molecule has 3 aromatic rings. The van der Waals surface area contributed by atoms with E-state index < -0.39 is 0 Å². The van der Waals surface area contributed by atoms with Gasteiger partial charge in [-0.05, 0) is 82.2 Å². The highest BCUT2D eigenvalue weighted by atomic mass is 127. The molecule has 0 radical (unpaired) electrons. The van der Waals surface area contributed by atoms with Crippen molar-refractivity contribution in [3.05, 3.63) is 87.5 Å². The van der Waals surface area contributed by atoms with Crippen molar-refractivity contribution in [3.63, 3.8) is 0 Å². The number of nitrogens with one attached hydrogen (secondary N) is 4. The zero-order valence-electron chi connectivity index (χ0n) is 16.7. The first-order valence-electron chi connectivity index (χ1n) is 10.5. The third-order valence-corrected chi connectivity index (χ3v) is 6.42. The van der Waals surface area contributed by atoms with Gasteiger partial charge in [0.2, 0.25) is 0 Å². The molecular formula is C24H26IN5. The summed E-state index contributed by atoms with van der Waals surface area (Å²) in [6.45, 7) is 4.05. The van der Waals surface area contributed by atoms with Crippen LogP contribution in [0.2, 0.25) is 0 Å². The van der Waals surface area contributed by atoms with Crippen LogP contribution in [0.3, 0.4) is 0 Å². The van der Waals surface area contributed by atoms with Gasteiger partial charge in [0.15, 0.2) is 0 Å². The van der Waals surface area contributed by atoms with Gasteiger partial charge in [-0.3, -0.25) is 21.3 Å². The lowest BCUT2D eigenvalue weighted by Gasteiger charge is -2.26. The SMILES string of the molecule is Ic1ccc(N(c2ccc(C3NCCN3)cc2)c2ccc(C3NCCN3)cc2)cc1. The molecule has 2 aliphatic rings. The predicted octanol–water partition coefficient (Wildman–Crippen LogP) is 4.14. The fourth-order valence-electron chi connectivity index (χ4n) is 4.15. The maximum atomic E-state index is 3.49. The number of anilines is 3. The molecule has 3 aromatic carbocycles. The molecule has 0 aliphatic carbocycles. The van der Waals surface area contributed by atoms with Gasteiger partial charge in [0.25, 0.3) is 0 Å². The standard InChI is InChI=1S/C24H26IN5/c25-19-5-11-22(12-6-19)30(20-7-1-17(2-8-20)23-26-13-14-27-23)21-9-3-18(4-10-21)24-28-15-16-29-24/h1-12,23-24,26-29H,13-16H2. The van der Waals surface area contributed by atoms with Crippen LogP contribution in [0, 0.1) is 3.57 Å². The number of hydrogen-bond acceptors (Lipinski definition) is 5. The van der Waals surface area contributed by atoms with Gasteiger partial charge < -0.3 is 4.90 Å². The van der Waals surface area contributed by atoms with E-state index in [1.54, 1.807) is 0 Å². The van der Waals surface area contributed by atoms with Gasteiger partial charge in [0, 0.05) is 46.8 Å². The first kappa shape index (κ1) is 20.0. The van der Waals surface area contributed by atoms with Crippen molar-refractivity contribution in [1.82, 2.24) is 21.3 Å². The van der Waals surface area contributed by atoms with Gasteiger partial charge in [0.05, 0.1) is 12.3 Å².